The highest BCUT2D eigenvalue weighted by Gasteiger charge is 2.24. The molecule has 1 aromatic rings. The van der Waals surface area contributed by atoms with Crippen LogP contribution < -0.4 is 5.73 Å². The Labute approximate surface area is 121 Å². The van der Waals surface area contributed by atoms with Gasteiger partial charge in [0.1, 0.15) is 0 Å². The highest BCUT2D eigenvalue weighted by molar-refractivity contribution is 5.82. The third kappa shape index (κ3) is 4.94. The molecule has 0 fully saturated rings. The number of hydrogen-bond donors (Lipinski definition) is 1. The van der Waals surface area contributed by atoms with Crippen LogP contribution in [0.1, 0.15) is 25.8 Å². The van der Waals surface area contributed by atoms with Gasteiger partial charge in [-0.2, -0.15) is 0 Å². The second-order valence-electron chi connectivity index (χ2n) is 5.15. The van der Waals surface area contributed by atoms with E-state index in [0.29, 0.717) is 19.7 Å². The van der Waals surface area contributed by atoms with Crippen LogP contribution in [0, 0.1) is 5.92 Å². The molecule has 0 saturated carbocycles. The highest BCUT2D eigenvalue weighted by atomic mass is 16.5. The normalized spacial score (nSPS) is 13.8. The van der Waals surface area contributed by atoms with E-state index in [1.165, 1.54) is 0 Å². The molecule has 2 N–H and O–H groups in total. The van der Waals surface area contributed by atoms with E-state index < -0.39 is 6.04 Å². The molecule has 0 saturated heterocycles. The van der Waals surface area contributed by atoms with Gasteiger partial charge in [0.25, 0.3) is 0 Å². The minimum atomic E-state index is -0.444. The fourth-order valence-electron chi connectivity index (χ4n) is 1.98. The molecular formula is C16H26N2O2. The van der Waals surface area contributed by atoms with Gasteiger partial charge in [-0.3, -0.25) is 4.79 Å². The maximum Gasteiger partial charge on any atom is 0.240 e. The van der Waals surface area contributed by atoms with Gasteiger partial charge in [-0.05, 0) is 11.5 Å². The van der Waals surface area contributed by atoms with E-state index in [2.05, 4.69) is 6.92 Å². The number of rotatable bonds is 8. The maximum absolute atomic E-state index is 12.5. The topological polar surface area (TPSA) is 55.6 Å². The number of nitrogens with two attached hydrogens (primary N) is 1. The molecule has 0 bridgehead atoms. The summed E-state index contributed by atoms with van der Waals surface area (Å²) in [6, 6.07) is 9.51. The zero-order valence-corrected chi connectivity index (χ0v) is 12.7. The first-order chi connectivity index (χ1) is 9.60. The van der Waals surface area contributed by atoms with E-state index in [1.807, 2.05) is 37.3 Å². The van der Waals surface area contributed by atoms with Crippen molar-refractivity contribution in [2.75, 3.05) is 20.3 Å². The monoisotopic (exact) mass is 278 g/mol. The molecule has 20 heavy (non-hydrogen) atoms. The Morgan fingerprint density at radius 1 is 1.35 bits per heavy atom. The lowest BCUT2D eigenvalue weighted by Gasteiger charge is -2.28. The van der Waals surface area contributed by atoms with Crippen molar-refractivity contribution in [1.29, 1.82) is 0 Å². The van der Waals surface area contributed by atoms with Crippen molar-refractivity contribution in [2.24, 2.45) is 11.7 Å². The molecule has 1 amide bonds. The summed E-state index contributed by atoms with van der Waals surface area (Å²) in [5, 5.41) is 0. The second kappa shape index (κ2) is 8.72. The highest BCUT2D eigenvalue weighted by Crippen LogP contribution is 2.11. The maximum atomic E-state index is 12.5. The summed E-state index contributed by atoms with van der Waals surface area (Å²) in [6.07, 6.45) is 0.899. The SMILES string of the molecule is CC[C@H](C)[C@H](N)C(=O)N(CCOC)Cc1ccccc1. The quantitative estimate of drug-likeness (QED) is 0.791. The molecule has 0 heterocycles. The van der Waals surface area contributed by atoms with Gasteiger partial charge in [-0.15, -0.1) is 0 Å². The Bertz CT molecular complexity index is 395. The Kier molecular flexibility index (Phi) is 7.26. The average molecular weight is 278 g/mol. The average Bonchev–Trinajstić information content (AvgIpc) is 2.50. The number of benzene rings is 1. The van der Waals surface area contributed by atoms with Crippen LogP contribution in [0.5, 0.6) is 0 Å². The minimum absolute atomic E-state index is 0.000234. The zero-order chi connectivity index (χ0) is 15.0. The van der Waals surface area contributed by atoms with Crippen LogP contribution in [0.25, 0.3) is 0 Å². The Hall–Kier alpha value is -1.39. The minimum Gasteiger partial charge on any atom is -0.383 e. The van der Waals surface area contributed by atoms with E-state index in [9.17, 15) is 4.79 Å². The Balaban J connectivity index is 2.75. The summed E-state index contributed by atoms with van der Waals surface area (Å²) < 4.78 is 5.09. The lowest BCUT2D eigenvalue weighted by Crippen LogP contribution is -2.47. The summed E-state index contributed by atoms with van der Waals surface area (Å²) in [6.45, 7) is 5.72. The fourth-order valence-corrected chi connectivity index (χ4v) is 1.98. The molecule has 0 aliphatic carbocycles. The number of ether oxygens (including phenoxy) is 1. The number of hydrogen-bond acceptors (Lipinski definition) is 3. The molecule has 1 rings (SSSR count). The molecular weight excluding hydrogens is 252 g/mol. The standard InChI is InChI=1S/C16H26N2O2/c1-4-13(2)15(17)16(19)18(10-11-20-3)12-14-8-6-5-7-9-14/h5-9,13,15H,4,10-12,17H2,1-3H3/t13-,15-/m0/s1. The number of carbonyl (C=O) groups excluding carboxylic acids is 1. The van der Waals surface area contributed by atoms with Crippen LogP contribution in [-0.2, 0) is 16.1 Å². The van der Waals surface area contributed by atoms with Gasteiger partial charge in [0.05, 0.1) is 12.6 Å². The third-order valence-corrected chi connectivity index (χ3v) is 3.64. The number of amides is 1. The molecule has 112 valence electrons. The largest absolute Gasteiger partial charge is 0.383 e. The van der Waals surface area contributed by atoms with Gasteiger partial charge in [0.2, 0.25) is 5.91 Å². The molecule has 0 aliphatic heterocycles. The molecule has 0 aliphatic rings. The van der Waals surface area contributed by atoms with Crippen LogP contribution in [0.2, 0.25) is 0 Å². The van der Waals surface area contributed by atoms with Gasteiger partial charge >= 0.3 is 0 Å². The fraction of sp³-hybridized carbons (Fsp3) is 0.562. The number of nitrogens with zero attached hydrogens (tertiary/aromatic N) is 1. The molecule has 4 heteroatoms. The predicted octanol–water partition coefficient (Wildman–Crippen LogP) is 2.03. The van der Waals surface area contributed by atoms with Crippen molar-refractivity contribution >= 4 is 5.91 Å². The van der Waals surface area contributed by atoms with Crippen molar-refractivity contribution in [1.82, 2.24) is 4.90 Å². The van der Waals surface area contributed by atoms with Crippen LogP contribution in [-0.4, -0.2) is 37.1 Å². The van der Waals surface area contributed by atoms with E-state index in [0.717, 1.165) is 12.0 Å². The zero-order valence-electron chi connectivity index (χ0n) is 12.7. The smallest absolute Gasteiger partial charge is 0.240 e. The van der Waals surface area contributed by atoms with Gasteiger partial charge in [-0.25, -0.2) is 0 Å². The first-order valence-corrected chi connectivity index (χ1v) is 7.17. The number of methoxy groups -OCH3 is 1. The molecule has 0 aromatic heterocycles. The lowest BCUT2D eigenvalue weighted by atomic mass is 9.98. The molecule has 0 radical (unpaired) electrons. The van der Waals surface area contributed by atoms with Crippen LogP contribution in [0.15, 0.2) is 30.3 Å². The van der Waals surface area contributed by atoms with Crippen molar-refractivity contribution in [2.45, 2.75) is 32.9 Å². The summed E-state index contributed by atoms with van der Waals surface area (Å²) in [5.74, 6) is 0.184. The lowest BCUT2D eigenvalue weighted by molar-refractivity contribution is -0.135. The van der Waals surface area contributed by atoms with Gasteiger partial charge < -0.3 is 15.4 Å². The van der Waals surface area contributed by atoms with Gasteiger partial charge in [0.15, 0.2) is 0 Å². The predicted molar refractivity (Wildman–Crippen MR) is 81.2 cm³/mol. The molecule has 1 aromatic carbocycles. The molecule has 2 atom stereocenters. The second-order valence-corrected chi connectivity index (χ2v) is 5.15. The van der Waals surface area contributed by atoms with Crippen LogP contribution in [0.3, 0.4) is 0 Å². The third-order valence-electron chi connectivity index (χ3n) is 3.64. The van der Waals surface area contributed by atoms with Crippen molar-refractivity contribution in [3.63, 3.8) is 0 Å². The van der Waals surface area contributed by atoms with E-state index >= 15 is 0 Å². The summed E-state index contributed by atoms with van der Waals surface area (Å²) >= 11 is 0. The van der Waals surface area contributed by atoms with Crippen LogP contribution in [0.4, 0.5) is 0 Å². The summed E-state index contributed by atoms with van der Waals surface area (Å²) in [4.78, 5) is 14.3. The van der Waals surface area contributed by atoms with Crippen LogP contribution >= 0.6 is 0 Å². The Morgan fingerprint density at radius 3 is 2.55 bits per heavy atom. The Morgan fingerprint density at radius 2 is 2.00 bits per heavy atom. The van der Waals surface area contributed by atoms with Crippen molar-refractivity contribution in [3.8, 4) is 0 Å². The van der Waals surface area contributed by atoms with E-state index in [-0.39, 0.29) is 11.8 Å². The van der Waals surface area contributed by atoms with Gasteiger partial charge in [0, 0.05) is 20.2 Å². The summed E-state index contributed by atoms with van der Waals surface area (Å²) in [5.41, 5.74) is 7.17. The summed E-state index contributed by atoms with van der Waals surface area (Å²) in [7, 11) is 1.64. The first-order valence-electron chi connectivity index (χ1n) is 7.17. The van der Waals surface area contributed by atoms with E-state index in [1.54, 1.807) is 12.0 Å². The molecule has 0 unspecified atom stereocenters. The molecule has 0 spiro atoms. The number of carbonyl (C=O) groups is 1. The van der Waals surface area contributed by atoms with Gasteiger partial charge in [-0.1, -0.05) is 50.6 Å². The first kappa shape index (κ1) is 16.7. The van der Waals surface area contributed by atoms with E-state index in [4.69, 9.17) is 10.5 Å². The molecule has 4 nitrogen and oxygen atoms in total. The van der Waals surface area contributed by atoms with Crippen molar-refractivity contribution < 1.29 is 9.53 Å². The van der Waals surface area contributed by atoms with Crippen molar-refractivity contribution in [3.05, 3.63) is 35.9 Å².